The van der Waals surface area contributed by atoms with Gasteiger partial charge in [-0.15, -0.1) is 0 Å². The molecule has 1 saturated heterocycles. The van der Waals surface area contributed by atoms with E-state index in [9.17, 15) is 14.9 Å². The van der Waals surface area contributed by atoms with E-state index < -0.39 is 38.1 Å². The van der Waals surface area contributed by atoms with Gasteiger partial charge in [-0.3, -0.25) is 24.5 Å². The van der Waals surface area contributed by atoms with Crippen molar-refractivity contribution in [3.05, 3.63) is 148 Å². The number of hydrogen-bond donors (Lipinski definition) is 2. The van der Waals surface area contributed by atoms with E-state index in [-0.39, 0.29) is 72.9 Å². The number of carbonyl (C=O) groups is 1. The number of methoxy groups -OCH3 is 2. The molecule has 2 aromatic heterocycles. The van der Waals surface area contributed by atoms with E-state index >= 15 is 0 Å². The van der Waals surface area contributed by atoms with Crippen LogP contribution in [0, 0.1) is 29.1 Å². The molecule has 3 heterocycles. The minimum absolute atomic E-state index is 0.0136. The lowest BCUT2D eigenvalue weighted by atomic mass is 9.80. The number of fused-ring (bicyclic) bond motifs is 1. The highest BCUT2D eigenvalue weighted by atomic mass is 31.2. The maximum Gasteiger partial charge on any atom is 0.280 e. The average Bonchev–Trinajstić information content (AvgIpc) is 3.92. The van der Waals surface area contributed by atoms with Crippen molar-refractivity contribution in [2.24, 2.45) is 5.92 Å². The van der Waals surface area contributed by atoms with Gasteiger partial charge in [0, 0.05) is 30.0 Å². The predicted octanol–water partition coefficient (Wildman–Crippen LogP) is 9.09. The summed E-state index contributed by atoms with van der Waals surface area (Å²) in [4.78, 5) is 38.9. The number of imidazole rings is 1. The Morgan fingerprint density at radius 1 is 0.868 bits per heavy atom. The van der Waals surface area contributed by atoms with Crippen molar-refractivity contribution in [1.29, 1.82) is 5.26 Å². The molecular weight excluding hydrogens is 882 g/mol. The van der Waals surface area contributed by atoms with E-state index in [2.05, 4.69) is 60.6 Å². The molecule has 6 aromatic rings. The summed E-state index contributed by atoms with van der Waals surface area (Å²) in [5.41, 5.74) is 1.65. The van der Waals surface area contributed by atoms with Crippen LogP contribution < -0.4 is 20.3 Å². The van der Waals surface area contributed by atoms with Crippen molar-refractivity contribution in [1.82, 2.24) is 24.2 Å². The van der Waals surface area contributed by atoms with Crippen LogP contribution in [-0.2, 0) is 28.9 Å². The van der Waals surface area contributed by atoms with Gasteiger partial charge in [0.25, 0.3) is 14.1 Å². The molecule has 0 aliphatic carbocycles. The molecule has 0 radical (unpaired) electrons. The number of H-pyrrole nitrogens is 1. The third-order valence-electron chi connectivity index (χ3n) is 11.4. The molecule has 15 nitrogen and oxygen atoms in total. The molecule has 16 heteroatoms. The van der Waals surface area contributed by atoms with Gasteiger partial charge in [0.15, 0.2) is 17.0 Å². The second-order valence-electron chi connectivity index (χ2n) is 17.0. The summed E-state index contributed by atoms with van der Waals surface area (Å²) in [6, 6.07) is 37.2. The molecule has 4 aromatic carbocycles. The van der Waals surface area contributed by atoms with E-state index in [0.717, 1.165) is 22.3 Å². The van der Waals surface area contributed by atoms with Crippen LogP contribution in [0.3, 0.4) is 0 Å². The summed E-state index contributed by atoms with van der Waals surface area (Å²) in [7, 11) is 1.49. The minimum Gasteiger partial charge on any atom is -0.497 e. The summed E-state index contributed by atoms with van der Waals surface area (Å²) in [5, 5.41) is 12.3. The van der Waals surface area contributed by atoms with Gasteiger partial charge in [-0.1, -0.05) is 92.6 Å². The first-order chi connectivity index (χ1) is 32.9. The Kier molecular flexibility index (Phi) is 16.4. The molecule has 354 valence electrons. The first-order valence-corrected chi connectivity index (χ1v) is 23.8. The summed E-state index contributed by atoms with van der Waals surface area (Å²) in [6.07, 6.45) is -1.94. The predicted molar refractivity (Wildman–Crippen MR) is 261 cm³/mol. The van der Waals surface area contributed by atoms with Crippen LogP contribution in [0.1, 0.15) is 88.7 Å². The van der Waals surface area contributed by atoms with Gasteiger partial charge >= 0.3 is 0 Å². The molecule has 68 heavy (non-hydrogen) atoms. The topological polar surface area (TPSA) is 175 Å². The molecule has 1 aliphatic heterocycles. The number of carbonyl (C=O) groups excluding carboxylic acids is 1. The number of nitrogens with one attached hydrogen (secondary N) is 2. The average molecular weight is 940 g/mol. The van der Waals surface area contributed by atoms with Gasteiger partial charge in [0.2, 0.25) is 11.9 Å². The number of ether oxygens (including phenoxy) is 4. The summed E-state index contributed by atoms with van der Waals surface area (Å²) < 4.78 is 43.2. The number of amides is 1. The number of rotatable bonds is 19. The fourth-order valence-electron chi connectivity index (χ4n) is 8.13. The summed E-state index contributed by atoms with van der Waals surface area (Å²) in [6.45, 7) is 11.9. The van der Waals surface area contributed by atoms with Crippen LogP contribution in [0.5, 0.6) is 11.5 Å². The van der Waals surface area contributed by atoms with Crippen LogP contribution in [0.2, 0.25) is 0 Å². The monoisotopic (exact) mass is 939 g/mol. The van der Waals surface area contributed by atoms with Gasteiger partial charge < -0.3 is 28.0 Å². The van der Waals surface area contributed by atoms with E-state index in [4.69, 9.17) is 38.0 Å². The molecule has 0 bridgehead atoms. The van der Waals surface area contributed by atoms with Crippen LogP contribution >= 0.6 is 8.53 Å². The zero-order valence-corrected chi connectivity index (χ0v) is 40.5. The molecule has 0 spiro atoms. The van der Waals surface area contributed by atoms with Crippen LogP contribution in [-0.4, -0.2) is 81.8 Å². The van der Waals surface area contributed by atoms with Crippen LogP contribution in [0.4, 0.5) is 5.95 Å². The number of benzene rings is 4. The number of nitrogens with zero attached hydrogens (tertiary/aromatic N) is 5. The van der Waals surface area contributed by atoms with E-state index in [1.54, 1.807) is 32.6 Å². The fraction of sp³-hybridized carbons (Fsp3) is 0.365. The third kappa shape index (κ3) is 11.1. The Morgan fingerprint density at radius 3 is 2.01 bits per heavy atom. The van der Waals surface area contributed by atoms with Crippen LogP contribution in [0.25, 0.3) is 11.2 Å². The van der Waals surface area contributed by atoms with Gasteiger partial charge in [0.05, 0.1) is 46.0 Å². The maximum absolute atomic E-state index is 13.8. The number of hydrogen-bond acceptors (Lipinski definition) is 12. The van der Waals surface area contributed by atoms with Crippen molar-refractivity contribution in [2.45, 2.75) is 90.5 Å². The standard InChI is InChI=1S/C52H58N7O8P/c1-34(2)49(60)56-51-55-48-47(50(61)57-51)54-45(29-20-37-16-11-9-12-17-37)58(48)46-32-43(67-68(65-31-15-30-53)59(35(3)4)36(5)6)44(66-46)33-64-52(38-18-13-10-14-19-38,39-21-25-41(62-7)26-22-39)40-23-27-42(63-8)28-24-40/h9-14,16-19,21-28,34-36,43-44,46H,15,31-33H2,1-8H3,(H2,55,56,57,60,61)/t43-,44+,46+,68?/m0/s1. The number of aromatic nitrogens is 4. The lowest BCUT2D eigenvalue weighted by Gasteiger charge is -2.39. The molecule has 1 amide bonds. The SMILES string of the molecule is COc1ccc(C(OC[C@H]2O[C@@H](n3c(C#Cc4ccccc4)nc4c(=O)[nH]c(NC(=O)C(C)C)nc43)C[C@@H]2OP(OCCC#N)N(C(C)C)C(C)C)(c2ccccc2)c2ccc(OC)cc2)cc1. The first-order valence-electron chi connectivity index (χ1n) is 22.7. The lowest BCUT2D eigenvalue weighted by molar-refractivity contribution is -0.118. The Hall–Kier alpha value is -6.42. The van der Waals surface area contributed by atoms with Gasteiger partial charge in [-0.05, 0) is 86.7 Å². The molecule has 4 atom stereocenters. The highest BCUT2D eigenvalue weighted by Crippen LogP contribution is 2.51. The lowest BCUT2D eigenvalue weighted by Crippen LogP contribution is -2.39. The first kappa shape index (κ1) is 49.5. The van der Waals surface area contributed by atoms with Crippen molar-refractivity contribution >= 4 is 31.5 Å². The Morgan fingerprint density at radius 2 is 1.46 bits per heavy atom. The van der Waals surface area contributed by atoms with Gasteiger partial charge in [-0.2, -0.15) is 10.2 Å². The zero-order chi connectivity index (χ0) is 48.4. The zero-order valence-electron chi connectivity index (χ0n) is 39.6. The highest BCUT2D eigenvalue weighted by molar-refractivity contribution is 7.44. The van der Waals surface area contributed by atoms with Gasteiger partial charge in [0.1, 0.15) is 29.4 Å². The third-order valence-corrected chi connectivity index (χ3v) is 13.6. The number of aromatic amines is 1. The molecule has 1 fully saturated rings. The smallest absolute Gasteiger partial charge is 0.280 e. The minimum atomic E-state index is -1.77. The second-order valence-corrected chi connectivity index (χ2v) is 18.4. The Bertz CT molecular complexity index is 2730. The quantitative estimate of drug-likeness (QED) is 0.0342. The van der Waals surface area contributed by atoms with E-state index in [1.165, 1.54) is 0 Å². The normalized spacial score (nSPS) is 16.5. The number of anilines is 1. The molecular formula is C52H58N7O8P. The van der Waals surface area contributed by atoms with E-state index in [1.807, 2.05) is 109 Å². The Labute approximate surface area is 398 Å². The van der Waals surface area contributed by atoms with Crippen molar-refractivity contribution in [3.8, 4) is 29.4 Å². The highest BCUT2D eigenvalue weighted by Gasteiger charge is 2.46. The molecule has 2 N–H and O–H groups in total. The van der Waals surface area contributed by atoms with E-state index in [0.29, 0.717) is 11.5 Å². The molecule has 0 saturated carbocycles. The van der Waals surface area contributed by atoms with Crippen molar-refractivity contribution in [2.75, 3.05) is 32.8 Å². The van der Waals surface area contributed by atoms with Crippen LogP contribution in [0.15, 0.2) is 114 Å². The van der Waals surface area contributed by atoms with Gasteiger partial charge in [-0.25, -0.2) is 9.65 Å². The van der Waals surface area contributed by atoms with Crippen molar-refractivity contribution < 1.29 is 32.8 Å². The number of nitriles is 1. The second kappa shape index (κ2) is 22.6. The largest absolute Gasteiger partial charge is 0.497 e. The fourth-order valence-corrected chi connectivity index (χ4v) is 9.88. The maximum atomic E-state index is 13.8. The molecule has 1 unspecified atom stereocenters. The van der Waals surface area contributed by atoms with Crippen molar-refractivity contribution in [3.63, 3.8) is 0 Å². The summed E-state index contributed by atoms with van der Waals surface area (Å²) >= 11 is 0. The molecule has 7 rings (SSSR count). The Balaban J connectivity index is 1.39. The molecule has 1 aliphatic rings. The summed E-state index contributed by atoms with van der Waals surface area (Å²) in [5.74, 6) is 7.20.